The van der Waals surface area contributed by atoms with Gasteiger partial charge in [0.05, 0.1) is 18.7 Å². The fourth-order valence-corrected chi connectivity index (χ4v) is 5.03. The monoisotopic (exact) mass is 491 g/mol. The number of H-pyrrole nitrogens is 1. The van der Waals surface area contributed by atoms with Gasteiger partial charge in [0.1, 0.15) is 17.2 Å². The average Bonchev–Trinajstić information content (AvgIpc) is 3.25. The van der Waals surface area contributed by atoms with Gasteiger partial charge in [0.2, 0.25) is 5.91 Å². The van der Waals surface area contributed by atoms with Gasteiger partial charge in [-0.1, -0.05) is 6.07 Å². The van der Waals surface area contributed by atoms with E-state index in [0.29, 0.717) is 19.7 Å². The van der Waals surface area contributed by atoms with Crippen LogP contribution in [0.3, 0.4) is 0 Å². The van der Waals surface area contributed by atoms with Crippen molar-refractivity contribution in [2.24, 2.45) is 0 Å². The third-order valence-electron chi connectivity index (χ3n) is 6.52. The summed E-state index contributed by atoms with van der Waals surface area (Å²) in [5, 5.41) is 0.887. The first-order valence-electron chi connectivity index (χ1n) is 12.4. The molecule has 0 spiro atoms. The molecule has 3 aromatic rings. The number of carbonyl (C=O) groups is 3. The highest BCUT2D eigenvalue weighted by Gasteiger charge is 2.31. The SMILES string of the molecule is CCOC(=O)CCC(=O)Cc1cnc2[nH]cc(-c3cccc(N4C[C@@H](C)N(C(C)=O)[C@@H](C)C4)n3)c2c1. The van der Waals surface area contributed by atoms with Crippen molar-refractivity contribution >= 4 is 34.5 Å². The molecule has 2 atom stereocenters. The number of aromatic amines is 1. The molecule has 9 nitrogen and oxygen atoms in total. The molecule has 0 aromatic carbocycles. The summed E-state index contributed by atoms with van der Waals surface area (Å²) in [5.74, 6) is 0.569. The lowest BCUT2D eigenvalue weighted by Gasteiger charge is -2.44. The number of piperazine rings is 1. The van der Waals surface area contributed by atoms with Crippen LogP contribution < -0.4 is 4.90 Å². The molecule has 1 saturated heterocycles. The van der Waals surface area contributed by atoms with E-state index in [0.717, 1.165) is 33.7 Å². The fraction of sp³-hybridized carbons (Fsp3) is 0.444. The highest BCUT2D eigenvalue weighted by molar-refractivity contribution is 5.94. The number of carbonyl (C=O) groups excluding carboxylic acids is 3. The minimum absolute atomic E-state index is 0.0330. The molecule has 1 amide bonds. The van der Waals surface area contributed by atoms with Crippen LogP contribution in [0.25, 0.3) is 22.3 Å². The summed E-state index contributed by atoms with van der Waals surface area (Å²) in [6, 6.07) is 8.09. The minimum Gasteiger partial charge on any atom is -0.466 e. The van der Waals surface area contributed by atoms with Crippen molar-refractivity contribution in [3.05, 3.63) is 42.2 Å². The van der Waals surface area contributed by atoms with E-state index in [-0.39, 0.29) is 49.0 Å². The van der Waals surface area contributed by atoms with E-state index in [2.05, 4.69) is 28.7 Å². The molecule has 1 N–H and O–H groups in total. The van der Waals surface area contributed by atoms with Crippen LogP contribution in [0, 0.1) is 0 Å². The molecule has 4 rings (SSSR count). The molecule has 9 heteroatoms. The number of nitrogens with one attached hydrogen (secondary N) is 1. The molecule has 36 heavy (non-hydrogen) atoms. The van der Waals surface area contributed by atoms with Crippen LogP contribution >= 0.6 is 0 Å². The van der Waals surface area contributed by atoms with E-state index < -0.39 is 0 Å². The summed E-state index contributed by atoms with van der Waals surface area (Å²) >= 11 is 0. The smallest absolute Gasteiger partial charge is 0.306 e. The second-order valence-electron chi connectivity index (χ2n) is 9.37. The van der Waals surface area contributed by atoms with E-state index in [9.17, 15) is 14.4 Å². The van der Waals surface area contributed by atoms with E-state index in [1.807, 2.05) is 35.4 Å². The number of pyridine rings is 2. The van der Waals surface area contributed by atoms with Gasteiger partial charge in [-0.2, -0.15) is 0 Å². The van der Waals surface area contributed by atoms with Crippen LogP contribution in [0.5, 0.6) is 0 Å². The highest BCUT2D eigenvalue weighted by Crippen LogP contribution is 2.30. The van der Waals surface area contributed by atoms with Crippen LogP contribution in [0.1, 0.15) is 46.1 Å². The largest absolute Gasteiger partial charge is 0.466 e. The van der Waals surface area contributed by atoms with Crippen LogP contribution in [-0.4, -0.2) is 69.3 Å². The molecule has 1 fully saturated rings. The summed E-state index contributed by atoms with van der Waals surface area (Å²) in [6.45, 7) is 9.24. The van der Waals surface area contributed by atoms with Crippen molar-refractivity contribution in [3.63, 3.8) is 0 Å². The Bertz CT molecular complexity index is 1260. The molecule has 1 aliphatic rings. The Hall–Kier alpha value is -3.75. The zero-order chi connectivity index (χ0) is 25.8. The highest BCUT2D eigenvalue weighted by atomic mass is 16.5. The molecule has 0 saturated carbocycles. The normalized spacial score (nSPS) is 17.9. The van der Waals surface area contributed by atoms with E-state index in [4.69, 9.17) is 9.72 Å². The van der Waals surface area contributed by atoms with Gasteiger partial charge in [-0.15, -0.1) is 0 Å². The topological polar surface area (TPSA) is 108 Å². The summed E-state index contributed by atoms with van der Waals surface area (Å²) in [7, 11) is 0. The number of ether oxygens (including phenoxy) is 1. The minimum atomic E-state index is -0.357. The average molecular weight is 492 g/mol. The Kier molecular flexibility index (Phi) is 7.67. The first kappa shape index (κ1) is 25.3. The molecule has 4 heterocycles. The Morgan fingerprint density at radius 1 is 1.14 bits per heavy atom. The Morgan fingerprint density at radius 3 is 2.58 bits per heavy atom. The van der Waals surface area contributed by atoms with Gasteiger partial charge in [-0.05, 0) is 44.5 Å². The third-order valence-corrected chi connectivity index (χ3v) is 6.52. The van der Waals surface area contributed by atoms with Crippen LogP contribution in [0.4, 0.5) is 5.82 Å². The van der Waals surface area contributed by atoms with Crippen molar-refractivity contribution < 1.29 is 19.1 Å². The number of Topliss-reactive ketones (excluding diaryl/α,β-unsaturated/α-hetero) is 1. The van der Waals surface area contributed by atoms with E-state index in [1.54, 1.807) is 20.0 Å². The van der Waals surface area contributed by atoms with Gasteiger partial charge in [0.25, 0.3) is 0 Å². The number of anilines is 1. The predicted molar refractivity (Wildman–Crippen MR) is 138 cm³/mol. The number of aromatic nitrogens is 3. The molecule has 0 bridgehead atoms. The van der Waals surface area contributed by atoms with E-state index >= 15 is 0 Å². The van der Waals surface area contributed by atoms with Gasteiger partial charge in [0.15, 0.2) is 0 Å². The van der Waals surface area contributed by atoms with Crippen LogP contribution in [-0.2, 0) is 25.5 Å². The van der Waals surface area contributed by atoms with Crippen molar-refractivity contribution in [3.8, 4) is 11.3 Å². The maximum absolute atomic E-state index is 12.4. The van der Waals surface area contributed by atoms with Gasteiger partial charge < -0.3 is 19.5 Å². The number of esters is 1. The molecular weight excluding hydrogens is 458 g/mol. The lowest BCUT2D eigenvalue weighted by atomic mass is 10.0. The van der Waals surface area contributed by atoms with Gasteiger partial charge in [0, 0.05) is 68.3 Å². The fourth-order valence-electron chi connectivity index (χ4n) is 5.03. The number of hydrogen-bond donors (Lipinski definition) is 1. The first-order valence-corrected chi connectivity index (χ1v) is 12.4. The summed E-state index contributed by atoms with van der Waals surface area (Å²) < 4.78 is 4.90. The van der Waals surface area contributed by atoms with Crippen molar-refractivity contribution in [2.45, 2.75) is 59.0 Å². The predicted octanol–water partition coefficient (Wildman–Crippen LogP) is 3.53. The second-order valence-corrected chi connectivity index (χ2v) is 9.37. The lowest BCUT2D eigenvalue weighted by molar-refractivity contribution is -0.144. The number of amides is 1. The lowest BCUT2D eigenvalue weighted by Crippen LogP contribution is -2.58. The zero-order valence-electron chi connectivity index (χ0n) is 21.3. The number of ketones is 1. The third kappa shape index (κ3) is 5.56. The maximum atomic E-state index is 12.4. The number of rotatable bonds is 8. The molecule has 0 aliphatic carbocycles. The maximum Gasteiger partial charge on any atom is 0.306 e. The van der Waals surface area contributed by atoms with Crippen molar-refractivity contribution in [1.29, 1.82) is 0 Å². The summed E-state index contributed by atoms with van der Waals surface area (Å²) in [5.41, 5.74) is 3.22. The van der Waals surface area contributed by atoms with Crippen LogP contribution in [0.15, 0.2) is 36.7 Å². The molecule has 190 valence electrons. The van der Waals surface area contributed by atoms with Gasteiger partial charge in [-0.25, -0.2) is 9.97 Å². The standard InChI is InChI=1S/C27H33N5O4/c1-5-36-26(35)10-9-21(34)11-20-12-22-23(14-29-27(22)28-13-20)24-7-6-8-25(30-24)31-15-17(2)32(19(4)33)18(3)16-31/h6-8,12-14,17-18H,5,9-11,15-16H2,1-4H3,(H,28,29)/t17-,18+. The molecule has 3 aromatic heterocycles. The molecular formula is C27H33N5O4. The summed E-state index contributed by atoms with van der Waals surface area (Å²) in [4.78, 5) is 52.8. The van der Waals surface area contributed by atoms with E-state index in [1.165, 1.54) is 0 Å². The Balaban J connectivity index is 1.53. The van der Waals surface area contributed by atoms with Gasteiger partial charge >= 0.3 is 5.97 Å². The Labute approximate surface area is 210 Å². The molecule has 1 aliphatic heterocycles. The Morgan fingerprint density at radius 2 is 1.89 bits per heavy atom. The molecule has 0 radical (unpaired) electrons. The number of hydrogen-bond acceptors (Lipinski definition) is 7. The quantitative estimate of drug-likeness (QED) is 0.480. The van der Waals surface area contributed by atoms with Gasteiger partial charge in [-0.3, -0.25) is 14.4 Å². The number of fused-ring (bicyclic) bond motifs is 1. The zero-order valence-corrected chi connectivity index (χ0v) is 21.3. The summed E-state index contributed by atoms with van der Waals surface area (Å²) in [6.07, 6.45) is 4.01. The second kappa shape index (κ2) is 10.9. The molecule has 0 unspecified atom stereocenters. The first-order chi connectivity index (χ1) is 17.3. The number of nitrogens with zero attached hydrogens (tertiary/aromatic N) is 4. The van der Waals surface area contributed by atoms with Crippen molar-refractivity contribution in [2.75, 3.05) is 24.6 Å². The van der Waals surface area contributed by atoms with Crippen LogP contribution in [0.2, 0.25) is 0 Å². The van der Waals surface area contributed by atoms with Crippen molar-refractivity contribution in [1.82, 2.24) is 19.9 Å².